The number of hydrogen-bond acceptors (Lipinski definition) is 7. The Kier molecular flexibility index (Phi) is 5.00. The van der Waals surface area contributed by atoms with Crippen molar-refractivity contribution in [2.75, 3.05) is 0 Å². The van der Waals surface area contributed by atoms with Gasteiger partial charge in [0, 0.05) is 41.4 Å². The van der Waals surface area contributed by atoms with Crippen LogP contribution in [0.15, 0.2) is 65.4 Å². The fourth-order valence-electron chi connectivity index (χ4n) is 3.09. The first-order chi connectivity index (χ1) is 14.8. The minimum Gasteiger partial charge on any atom is -0.402 e. The summed E-state index contributed by atoms with van der Waals surface area (Å²) in [4.78, 5) is 39.1. The maximum Gasteiger partial charge on any atom is 0.363 e. The normalized spacial score (nSPS) is 14.5. The molecule has 2 heterocycles. The van der Waals surface area contributed by atoms with E-state index in [1.807, 2.05) is 30.3 Å². The van der Waals surface area contributed by atoms with Gasteiger partial charge in [0.15, 0.2) is 5.70 Å². The number of benzene rings is 2. The Balaban J connectivity index is 1.77. The highest BCUT2D eigenvalue weighted by Crippen LogP contribution is 2.27. The van der Waals surface area contributed by atoms with Gasteiger partial charge in [-0.3, -0.25) is 14.9 Å². The second-order valence-electron chi connectivity index (χ2n) is 6.86. The second-order valence-corrected chi connectivity index (χ2v) is 6.86. The molecular formula is C22H16N4O5. The van der Waals surface area contributed by atoms with E-state index in [2.05, 4.69) is 10.1 Å². The summed E-state index contributed by atoms with van der Waals surface area (Å²) in [5.74, 6) is -1.01. The van der Waals surface area contributed by atoms with Crippen molar-refractivity contribution in [3.8, 4) is 11.3 Å². The zero-order chi connectivity index (χ0) is 22.1. The van der Waals surface area contributed by atoms with Gasteiger partial charge in [-0.1, -0.05) is 36.4 Å². The van der Waals surface area contributed by atoms with Gasteiger partial charge in [0.25, 0.3) is 5.69 Å². The molecule has 0 unspecified atom stereocenters. The maximum absolute atomic E-state index is 12.4. The third-order valence-corrected chi connectivity index (χ3v) is 4.68. The summed E-state index contributed by atoms with van der Waals surface area (Å²) in [6, 6.07) is 13.7. The molecular weight excluding hydrogens is 400 g/mol. The molecule has 0 N–H and O–H groups in total. The topological polar surface area (TPSA) is 117 Å². The summed E-state index contributed by atoms with van der Waals surface area (Å²) in [5.41, 5.74) is 2.48. The highest BCUT2D eigenvalue weighted by molar-refractivity contribution is 6.13. The van der Waals surface area contributed by atoms with Gasteiger partial charge in [0.2, 0.25) is 11.8 Å². The molecule has 0 amide bonds. The maximum atomic E-state index is 12.4. The van der Waals surface area contributed by atoms with E-state index in [0.717, 1.165) is 5.56 Å². The Hall–Kier alpha value is -4.40. The lowest BCUT2D eigenvalue weighted by Crippen LogP contribution is -2.06. The third kappa shape index (κ3) is 3.88. The molecule has 1 aliphatic rings. The van der Waals surface area contributed by atoms with E-state index >= 15 is 0 Å². The predicted octanol–water partition coefficient (Wildman–Crippen LogP) is 3.77. The molecule has 3 aromatic rings. The quantitative estimate of drug-likeness (QED) is 0.277. The van der Waals surface area contributed by atoms with E-state index in [-0.39, 0.29) is 23.2 Å². The predicted molar refractivity (Wildman–Crippen MR) is 112 cm³/mol. The van der Waals surface area contributed by atoms with Gasteiger partial charge in [0.1, 0.15) is 5.69 Å². The summed E-state index contributed by atoms with van der Waals surface area (Å²) in [6.07, 6.45) is 2.99. The van der Waals surface area contributed by atoms with Crippen LogP contribution in [0.1, 0.15) is 28.4 Å². The minimum absolute atomic E-state index is 0.00138. The van der Waals surface area contributed by atoms with Crippen LogP contribution in [0.4, 0.5) is 5.69 Å². The van der Waals surface area contributed by atoms with Crippen LogP contribution in [0.5, 0.6) is 0 Å². The Morgan fingerprint density at radius 1 is 1.16 bits per heavy atom. The number of esters is 1. The van der Waals surface area contributed by atoms with Crippen LogP contribution in [-0.2, 0) is 9.53 Å². The molecule has 9 nitrogen and oxygen atoms in total. The lowest BCUT2D eigenvalue weighted by atomic mass is 10.1. The van der Waals surface area contributed by atoms with Gasteiger partial charge in [-0.2, -0.15) is 5.10 Å². The first-order valence-electron chi connectivity index (χ1n) is 9.27. The van der Waals surface area contributed by atoms with Crippen molar-refractivity contribution in [2.24, 2.45) is 4.99 Å². The Labute approximate surface area is 176 Å². The number of rotatable bonds is 4. The molecule has 0 bridgehead atoms. The summed E-state index contributed by atoms with van der Waals surface area (Å²) in [7, 11) is 0. The number of nitro benzene ring substituents is 1. The molecule has 4 rings (SSSR count). The molecule has 0 radical (unpaired) electrons. The van der Waals surface area contributed by atoms with Crippen LogP contribution >= 0.6 is 0 Å². The number of carbonyl (C=O) groups excluding carboxylic acids is 2. The molecule has 154 valence electrons. The van der Waals surface area contributed by atoms with Gasteiger partial charge in [-0.05, 0) is 19.1 Å². The molecule has 0 spiro atoms. The molecule has 2 aromatic carbocycles. The average molecular weight is 416 g/mol. The van der Waals surface area contributed by atoms with Crippen LogP contribution in [-0.4, -0.2) is 32.5 Å². The zero-order valence-corrected chi connectivity index (χ0v) is 16.6. The monoisotopic (exact) mass is 416 g/mol. The highest BCUT2D eigenvalue weighted by Gasteiger charge is 2.26. The van der Waals surface area contributed by atoms with Gasteiger partial charge in [-0.25, -0.2) is 14.5 Å². The number of aromatic nitrogens is 2. The van der Waals surface area contributed by atoms with Crippen LogP contribution in [0.3, 0.4) is 0 Å². The zero-order valence-electron chi connectivity index (χ0n) is 16.6. The Morgan fingerprint density at radius 3 is 2.58 bits per heavy atom. The number of cyclic esters (lactones) is 1. The number of ether oxygens (including phenoxy) is 1. The summed E-state index contributed by atoms with van der Waals surface area (Å²) >= 11 is 0. The van der Waals surface area contributed by atoms with Gasteiger partial charge >= 0.3 is 5.97 Å². The number of hydrogen-bond donors (Lipinski definition) is 0. The number of nitro groups is 1. The molecule has 9 heteroatoms. The van der Waals surface area contributed by atoms with Crippen molar-refractivity contribution in [1.29, 1.82) is 0 Å². The van der Waals surface area contributed by atoms with E-state index < -0.39 is 10.9 Å². The molecule has 0 saturated carbocycles. The third-order valence-electron chi connectivity index (χ3n) is 4.68. The molecule has 0 aliphatic carbocycles. The smallest absolute Gasteiger partial charge is 0.363 e. The van der Waals surface area contributed by atoms with Crippen LogP contribution in [0, 0.1) is 17.0 Å². The van der Waals surface area contributed by atoms with E-state index in [4.69, 9.17) is 4.74 Å². The molecule has 31 heavy (non-hydrogen) atoms. The highest BCUT2D eigenvalue weighted by atomic mass is 16.6. The number of aryl methyl sites for hydroxylation is 1. The number of aliphatic imine (C=N–C) groups is 1. The van der Waals surface area contributed by atoms with Crippen molar-refractivity contribution in [2.45, 2.75) is 13.8 Å². The molecule has 0 saturated heterocycles. The Morgan fingerprint density at radius 2 is 1.90 bits per heavy atom. The van der Waals surface area contributed by atoms with E-state index in [1.54, 1.807) is 19.1 Å². The lowest BCUT2D eigenvalue weighted by Gasteiger charge is -2.01. The number of carbonyl (C=O) groups is 2. The number of nitrogens with zero attached hydrogens (tertiary/aromatic N) is 4. The van der Waals surface area contributed by atoms with E-state index in [9.17, 15) is 19.7 Å². The van der Waals surface area contributed by atoms with Gasteiger partial charge in [-0.15, -0.1) is 0 Å². The molecule has 0 atom stereocenters. The van der Waals surface area contributed by atoms with E-state index in [1.165, 1.54) is 29.9 Å². The standard InChI is InChI=1S/C22H16N4O5/c1-13-8-9-16(11-19(13)26(29)30)21-23-18(22(28)31-21)10-17-12-25(14(2)27)24-20(17)15-6-4-3-5-7-15/h3-12H,1-2H3/b18-10-. The summed E-state index contributed by atoms with van der Waals surface area (Å²) < 4.78 is 6.42. The lowest BCUT2D eigenvalue weighted by molar-refractivity contribution is -0.385. The SMILES string of the molecule is CC(=O)n1cc(/C=C2\N=C(c3ccc(C)c([N+](=O)[O-])c3)OC2=O)c(-c2ccccc2)n1. The average Bonchev–Trinajstić information content (AvgIpc) is 3.33. The van der Waals surface area contributed by atoms with Crippen LogP contribution in [0.25, 0.3) is 17.3 Å². The van der Waals surface area contributed by atoms with Crippen molar-refractivity contribution in [3.63, 3.8) is 0 Å². The molecule has 0 fully saturated rings. The van der Waals surface area contributed by atoms with Gasteiger partial charge < -0.3 is 4.74 Å². The Bertz CT molecular complexity index is 1290. The fraction of sp³-hybridized carbons (Fsp3) is 0.0909. The van der Waals surface area contributed by atoms with Gasteiger partial charge in [0.05, 0.1) is 4.92 Å². The summed E-state index contributed by atoms with van der Waals surface area (Å²) in [5, 5.41) is 15.5. The molecule has 1 aliphatic heterocycles. The molecule has 1 aromatic heterocycles. The second kappa shape index (κ2) is 7.79. The minimum atomic E-state index is -0.701. The van der Waals surface area contributed by atoms with Crippen molar-refractivity contribution in [1.82, 2.24) is 9.78 Å². The first kappa shape index (κ1) is 19.9. The van der Waals surface area contributed by atoms with Crippen LogP contribution in [0.2, 0.25) is 0 Å². The van der Waals surface area contributed by atoms with Crippen LogP contribution < -0.4 is 0 Å². The largest absolute Gasteiger partial charge is 0.402 e. The summed E-state index contributed by atoms with van der Waals surface area (Å²) in [6.45, 7) is 3.00. The van der Waals surface area contributed by atoms with Crippen molar-refractivity contribution in [3.05, 3.63) is 87.2 Å². The van der Waals surface area contributed by atoms with Crippen molar-refractivity contribution < 1.29 is 19.2 Å². The first-order valence-corrected chi connectivity index (χ1v) is 9.27. The van der Waals surface area contributed by atoms with Crippen molar-refractivity contribution >= 4 is 29.5 Å². The van der Waals surface area contributed by atoms with E-state index in [0.29, 0.717) is 22.4 Å². The fourth-order valence-corrected chi connectivity index (χ4v) is 3.09.